The van der Waals surface area contributed by atoms with Gasteiger partial charge >= 0.3 is 12.0 Å². The summed E-state index contributed by atoms with van der Waals surface area (Å²) in [5, 5.41) is 3.92. The van der Waals surface area contributed by atoms with Crippen LogP contribution < -0.4 is 5.32 Å². The third-order valence-electron chi connectivity index (χ3n) is 7.81. The molecule has 5 aliphatic rings. The molecule has 6 rings (SSSR count). The van der Waals surface area contributed by atoms with Crippen LogP contribution in [-0.4, -0.2) is 36.6 Å². The van der Waals surface area contributed by atoms with Gasteiger partial charge in [0.2, 0.25) is 0 Å². The zero-order chi connectivity index (χ0) is 19.7. The number of rotatable bonds is 3. The monoisotopic (exact) mass is 402 g/mol. The van der Waals surface area contributed by atoms with Crippen LogP contribution in [-0.2, 0) is 15.1 Å². The Hall–Kier alpha value is -1.75. The largest absolute Gasteiger partial charge is 0.469 e. The molecule has 4 bridgehead atoms. The Labute approximate surface area is 170 Å². The number of benzene rings is 1. The number of hydrogen-bond donors (Lipinski definition) is 1. The van der Waals surface area contributed by atoms with E-state index in [-0.39, 0.29) is 23.5 Å². The van der Waals surface area contributed by atoms with Gasteiger partial charge in [-0.15, -0.1) is 0 Å². The number of ether oxygens (including phenoxy) is 1. The first-order valence-corrected chi connectivity index (χ1v) is 10.6. The molecule has 3 unspecified atom stereocenters. The molecular formula is C22H27ClN2O3. The van der Waals surface area contributed by atoms with Gasteiger partial charge in [0.25, 0.3) is 0 Å². The lowest BCUT2D eigenvalue weighted by molar-refractivity contribution is -0.174. The summed E-state index contributed by atoms with van der Waals surface area (Å²) in [6.07, 6.45) is 4.94. The van der Waals surface area contributed by atoms with Crippen molar-refractivity contribution in [3.8, 4) is 0 Å². The topological polar surface area (TPSA) is 58.6 Å². The summed E-state index contributed by atoms with van der Waals surface area (Å²) in [5.41, 5.74) is 0.343. The summed E-state index contributed by atoms with van der Waals surface area (Å²) < 4.78 is 5.17. The number of hydrogen-bond acceptors (Lipinski definition) is 3. The predicted octanol–water partition coefficient (Wildman–Crippen LogP) is 3.95. The molecule has 1 saturated heterocycles. The minimum Gasteiger partial charge on any atom is -0.469 e. The standard InChI is InChI=1S/C22H27ClN2O3/c1-21(16-3-5-17(23)6-4-16)12-25(20(27)24-21)18-14-7-13-8-15(18)11-22(9-13,10-14)19(26)28-2/h3-6,13-15,18H,7-12H2,1-2H3,(H,24,27). The second-order valence-corrected chi connectivity index (χ2v) is 10.1. The van der Waals surface area contributed by atoms with Crippen molar-refractivity contribution >= 4 is 23.6 Å². The van der Waals surface area contributed by atoms with Gasteiger partial charge in [0, 0.05) is 17.6 Å². The molecule has 150 valence electrons. The van der Waals surface area contributed by atoms with Gasteiger partial charge in [-0.2, -0.15) is 0 Å². The molecule has 0 aromatic heterocycles. The van der Waals surface area contributed by atoms with Crippen molar-refractivity contribution < 1.29 is 14.3 Å². The van der Waals surface area contributed by atoms with E-state index in [1.165, 1.54) is 7.11 Å². The Morgan fingerprint density at radius 1 is 1.18 bits per heavy atom. The van der Waals surface area contributed by atoms with Crippen molar-refractivity contribution in [2.24, 2.45) is 23.2 Å². The Kier molecular flexibility index (Phi) is 4.00. The lowest BCUT2D eigenvalue weighted by atomic mass is 9.47. The quantitative estimate of drug-likeness (QED) is 0.779. The summed E-state index contributed by atoms with van der Waals surface area (Å²) in [6, 6.07) is 7.98. The van der Waals surface area contributed by atoms with Gasteiger partial charge in [0.15, 0.2) is 0 Å². The predicted molar refractivity (Wildman–Crippen MR) is 106 cm³/mol. The molecule has 4 saturated carbocycles. The molecule has 2 amide bonds. The van der Waals surface area contributed by atoms with E-state index in [4.69, 9.17) is 16.3 Å². The number of methoxy groups -OCH3 is 1. The Morgan fingerprint density at radius 3 is 2.43 bits per heavy atom. The first-order chi connectivity index (χ1) is 13.3. The molecule has 1 aromatic carbocycles. The molecule has 1 aliphatic heterocycles. The average molecular weight is 403 g/mol. The van der Waals surface area contributed by atoms with Crippen LogP contribution in [0.25, 0.3) is 0 Å². The van der Waals surface area contributed by atoms with E-state index in [0.717, 1.165) is 37.7 Å². The third-order valence-corrected chi connectivity index (χ3v) is 8.07. The van der Waals surface area contributed by atoms with E-state index in [1.54, 1.807) is 0 Å². The highest BCUT2D eigenvalue weighted by Gasteiger charge is 2.61. The van der Waals surface area contributed by atoms with E-state index in [2.05, 4.69) is 17.1 Å². The molecule has 28 heavy (non-hydrogen) atoms. The fraction of sp³-hybridized carbons (Fsp3) is 0.636. The molecule has 5 nitrogen and oxygen atoms in total. The van der Waals surface area contributed by atoms with E-state index in [1.807, 2.05) is 24.3 Å². The lowest BCUT2D eigenvalue weighted by Gasteiger charge is -2.60. The van der Waals surface area contributed by atoms with Gasteiger partial charge in [0.1, 0.15) is 0 Å². The maximum Gasteiger partial charge on any atom is 0.318 e. The van der Waals surface area contributed by atoms with Crippen molar-refractivity contribution in [1.29, 1.82) is 0 Å². The molecule has 6 heteroatoms. The van der Waals surface area contributed by atoms with Crippen molar-refractivity contribution in [3.63, 3.8) is 0 Å². The molecule has 3 atom stereocenters. The van der Waals surface area contributed by atoms with E-state index < -0.39 is 5.54 Å². The molecule has 1 heterocycles. The average Bonchev–Trinajstić information content (AvgIpc) is 2.96. The van der Waals surface area contributed by atoms with Crippen LogP contribution in [0.1, 0.15) is 44.6 Å². The van der Waals surface area contributed by atoms with Crippen molar-refractivity contribution in [2.75, 3.05) is 13.7 Å². The summed E-state index contributed by atoms with van der Waals surface area (Å²) in [6.45, 7) is 2.74. The van der Waals surface area contributed by atoms with Gasteiger partial charge in [-0.3, -0.25) is 4.79 Å². The number of esters is 1. The zero-order valence-corrected chi connectivity index (χ0v) is 17.2. The zero-order valence-electron chi connectivity index (χ0n) is 16.4. The molecule has 0 spiro atoms. The van der Waals surface area contributed by atoms with Crippen LogP contribution in [0.3, 0.4) is 0 Å². The maximum atomic E-state index is 13.0. The second-order valence-electron chi connectivity index (χ2n) is 9.63. The summed E-state index contributed by atoms with van der Waals surface area (Å²) in [5.74, 6) is 1.34. The SMILES string of the molecule is COC(=O)C12CC3CC(C1)C(N1CC(C)(c4ccc(Cl)cc4)NC1=O)C(C3)C2. The minimum atomic E-state index is -0.420. The summed E-state index contributed by atoms with van der Waals surface area (Å²) in [4.78, 5) is 27.6. The van der Waals surface area contributed by atoms with Crippen molar-refractivity contribution in [2.45, 2.75) is 50.6 Å². The fourth-order valence-electron chi connectivity index (χ4n) is 6.95. The normalized spacial score (nSPS) is 41.2. The van der Waals surface area contributed by atoms with Gasteiger partial charge < -0.3 is 15.0 Å². The Morgan fingerprint density at radius 2 is 1.82 bits per heavy atom. The highest BCUT2D eigenvalue weighted by molar-refractivity contribution is 6.30. The van der Waals surface area contributed by atoms with Gasteiger partial charge in [0.05, 0.1) is 18.1 Å². The molecule has 4 aliphatic carbocycles. The number of amides is 2. The van der Waals surface area contributed by atoms with E-state index in [9.17, 15) is 9.59 Å². The van der Waals surface area contributed by atoms with E-state index >= 15 is 0 Å². The highest BCUT2D eigenvalue weighted by Crippen LogP contribution is 2.61. The Bertz CT molecular complexity index is 810. The van der Waals surface area contributed by atoms with Crippen LogP contribution in [0.15, 0.2) is 24.3 Å². The first-order valence-electron chi connectivity index (χ1n) is 10.3. The number of carbonyl (C=O) groups excluding carboxylic acids is 2. The van der Waals surface area contributed by atoms with Gasteiger partial charge in [-0.1, -0.05) is 23.7 Å². The highest BCUT2D eigenvalue weighted by atomic mass is 35.5. The van der Waals surface area contributed by atoms with Crippen LogP contribution in [0.5, 0.6) is 0 Å². The number of carbonyl (C=O) groups is 2. The number of halogens is 1. The third kappa shape index (κ3) is 2.58. The van der Waals surface area contributed by atoms with Crippen LogP contribution in [0.4, 0.5) is 4.79 Å². The summed E-state index contributed by atoms with van der Waals surface area (Å²) >= 11 is 6.04. The van der Waals surface area contributed by atoms with Crippen LogP contribution in [0, 0.1) is 23.2 Å². The van der Waals surface area contributed by atoms with E-state index in [0.29, 0.717) is 29.3 Å². The summed E-state index contributed by atoms with van der Waals surface area (Å²) in [7, 11) is 1.50. The van der Waals surface area contributed by atoms with Crippen molar-refractivity contribution in [1.82, 2.24) is 10.2 Å². The molecule has 5 fully saturated rings. The molecule has 1 aromatic rings. The van der Waals surface area contributed by atoms with Crippen LogP contribution in [0.2, 0.25) is 5.02 Å². The fourth-order valence-corrected chi connectivity index (χ4v) is 7.08. The number of nitrogens with zero attached hydrogens (tertiary/aromatic N) is 1. The number of nitrogens with one attached hydrogen (secondary N) is 1. The van der Waals surface area contributed by atoms with Crippen LogP contribution >= 0.6 is 11.6 Å². The smallest absolute Gasteiger partial charge is 0.318 e. The molecular weight excluding hydrogens is 376 g/mol. The van der Waals surface area contributed by atoms with Gasteiger partial charge in [-0.05, 0) is 74.5 Å². The van der Waals surface area contributed by atoms with Gasteiger partial charge in [-0.25, -0.2) is 4.79 Å². The second kappa shape index (κ2) is 6.12. The first kappa shape index (κ1) is 18.3. The number of urea groups is 1. The molecule has 1 N–H and O–H groups in total. The van der Waals surface area contributed by atoms with Crippen molar-refractivity contribution in [3.05, 3.63) is 34.9 Å². The molecule has 0 radical (unpaired) electrons. The lowest BCUT2D eigenvalue weighted by Crippen LogP contribution is -2.61. The minimum absolute atomic E-state index is 0.0158. The maximum absolute atomic E-state index is 13.0. The Balaban J connectivity index is 1.41.